The van der Waals surface area contributed by atoms with E-state index in [4.69, 9.17) is 0 Å². The van der Waals surface area contributed by atoms with Gasteiger partial charge in [0.05, 0.1) is 17.2 Å². The topological polar surface area (TPSA) is 58.7 Å². The first-order valence-corrected chi connectivity index (χ1v) is 6.36. The van der Waals surface area contributed by atoms with Crippen molar-refractivity contribution in [2.75, 3.05) is 18.0 Å². The van der Waals surface area contributed by atoms with Crippen LogP contribution >= 0.6 is 0 Å². The minimum absolute atomic E-state index is 0.0881. The summed E-state index contributed by atoms with van der Waals surface area (Å²) in [5.41, 5.74) is 2.88. The van der Waals surface area contributed by atoms with E-state index in [0.29, 0.717) is 6.54 Å². The Balaban J connectivity index is 2.09. The van der Waals surface area contributed by atoms with Gasteiger partial charge in [-0.1, -0.05) is 18.2 Å². The van der Waals surface area contributed by atoms with Crippen LogP contribution in [-0.2, 0) is 0 Å². The van der Waals surface area contributed by atoms with E-state index in [1.807, 2.05) is 30.3 Å². The van der Waals surface area contributed by atoms with E-state index in [-0.39, 0.29) is 10.6 Å². The van der Waals surface area contributed by atoms with Crippen LogP contribution in [0, 0.1) is 10.1 Å². The predicted octanol–water partition coefficient (Wildman–Crippen LogP) is 3.17. The number of para-hydroxylation sites is 1. The highest BCUT2D eigenvalue weighted by atomic mass is 16.6. The Morgan fingerprint density at radius 1 is 1.15 bits per heavy atom. The van der Waals surface area contributed by atoms with Crippen molar-refractivity contribution in [3.63, 3.8) is 0 Å². The largest absolute Gasteiger partial charge is 0.339 e. The molecule has 5 nitrogen and oxygen atoms in total. The van der Waals surface area contributed by atoms with E-state index in [1.54, 1.807) is 18.3 Å². The first-order chi connectivity index (χ1) is 9.75. The number of rotatable bonds is 2. The third kappa shape index (κ3) is 2.25. The minimum atomic E-state index is -0.383. The number of anilines is 2. The van der Waals surface area contributed by atoms with Gasteiger partial charge in [-0.3, -0.25) is 15.1 Å². The molecule has 0 saturated carbocycles. The van der Waals surface area contributed by atoms with Crippen molar-refractivity contribution in [2.24, 2.45) is 4.99 Å². The molecule has 3 rings (SSSR count). The number of hydrogen-bond acceptors (Lipinski definition) is 4. The molecule has 0 bridgehead atoms. The zero-order valence-electron chi connectivity index (χ0n) is 10.8. The van der Waals surface area contributed by atoms with Crippen molar-refractivity contribution in [3.8, 4) is 0 Å². The summed E-state index contributed by atoms with van der Waals surface area (Å²) >= 11 is 0. The van der Waals surface area contributed by atoms with Crippen LogP contribution in [0.3, 0.4) is 0 Å². The van der Waals surface area contributed by atoms with Crippen LogP contribution in [0.4, 0.5) is 17.1 Å². The molecule has 5 heteroatoms. The van der Waals surface area contributed by atoms with Gasteiger partial charge in [0, 0.05) is 36.1 Å². The zero-order valence-corrected chi connectivity index (χ0v) is 10.8. The maximum absolute atomic E-state index is 10.9. The highest BCUT2D eigenvalue weighted by Crippen LogP contribution is 2.31. The average molecular weight is 267 g/mol. The van der Waals surface area contributed by atoms with Crippen LogP contribution in [0.1, 0.15) is 5.56 Å². The fourth-order valence-electron chi connectivity index (χ4n) is 2.32. The lowest BCUT2D eigenvalue weighted by Crippen LogP contribution is -2.20. The molecular weight excluding hydrogens is 254 g/mol. The molecule has 0 unspecified atom stereocenters. The molecule has 1 aliphatic heterocycles. The van der Waals surface area contributed by atoms with Crippen LogP contribution in [0.5, 0.6) is 0 Å². The minimum Gasteiger partial charge on any atom is -0.339 e. The van der Waals surface area contributed by atoms with Crippen molar-refractivity contribution >= 4 is 23.3 Å². The van der Waals surface area contributed by atoms with Crippen molar-refractivity contribution in [2.45, 2.75) is 0 Å². The number of nitro benzene ring substituents is 1. The van der Waals surface area contributed by atoms with Gasteiger partial charge in [0.25, 0.3) is 5.69 Å². The summed E-state index contributed by atoms with van der Waals surface area (Å²) in [5, 5.41) is 10.9. The summed E-state index contributed by atoms with van der Waals surface area (Å²) in [7, 11) is 0. The summed E-state index contributed by atoms with van der Waals surface area (Å²) < 4.78 is 0. The Hall–Kier alpha value is -2.69. The first-order valence-electron chi connectivity index (χ1n) is 6.36. The number of benzodiazepines with no additional fused rings is 1. The van der Waals surface area contributed by atoms with Crippen molar-refractivity contribution in [1.82, 2.24) is 0 Å². The summed E-state index contributed by atoms with van der Waals surface area (Å²) in [5.74, 6) is 0. The molecule has 0 saturated heterocycles. The van der Waals surface area contributed by atoms with Crippen LogP contribution < -0.4 is 4.90 Å². The lowest BCUT2D eigenvalue weighted by atomic mass is 10.1. The Morgan fingerprint density at radius 3 is 2.70 bits per heavy atom. The van der Waals surface area contributed by atoms with Gasteiger partial charge in [-0.15, -0.1) is 0 Å². The molecule has 100 valence electrons. The highest BCUT2D eigenvalue weighted by Gasteiger charge is 2.17. The molecule has 0 atom stereocenters. The molecule has 1 aliphatic rings. The number of fused-ring (bicyclic) bond motifs is 1. The van der Waals surface area contributed by atoms with Gasteiger partial charge >= 0.3 is 0 Å². The van der Waals surface area contributed by atoms with Gasteiger partial charge in [-0.25, -0.2) is 0 Å². The van der Waals surface area contributed by atoms with E-state index >= 15 is 0 Å². The molecule has 0 N–H and O–H groups in total. The third-order valence-electron chi connectivity index (χ3n) is 3.26. The van der Waals surface area contributed by atoms with Gasteiger partial charge in [0.1, 0.15) is 0 Å². The summed E-state index contributed by atoms with van der Waals surface area (Å²) in [4.78, 5) is 16.9. The fourth-order valence-corrected chi connectivity index (χ4v) is 2.32. The second-order valence-corrected chi connectivity index (χ2v) is 4.52. The van der Waals surface area contributed by atoms with Crippen LogP contribution in [-0.4, -0.2) is 24.2 Å². The maximum Gasteiger partial charge on any atom is 0.270 e. The number of benzene rings is 2. The van der Waals surface area contributed by atoms with Crippen LogP contribution in [0.15, 0.2) is 53.5 Å². The summed E-state index contributed by atoms with van der Waals surface area (Å²) in [6, 6.07) is 14.9. The smallest absolute Gasteiger partial charge is 0.270 e. The summed E-state index contributed by atoms with van der Waals surface area (Å²) in [6.07, 6.45) is 1.71. The first kappa shape index (κ1) is 12.3. The third-order valence-corrected chi connectivity index (χ3v) is 3.26. The predicted molar refractivity (Wildman–Crippen MR) is 79.0 cm³/mol. The quantitative estimate of drug-likeness (QED) is 0.620. The molecule has 20 heavy (non-hydrogen) atoms. The fraction of sp³-hybridized carbons (Fsp3) is 0.133. The number of hydrogen-bond donors (Lipinski definition) is 0. The number of non-ortho nitro benzene ring substituents is 1. The van der Waals surface area contributed by atoms with Crippen molar-refractivity contribution < 1.29 is 4.92 Å². The average Bonchev–Trinajstić information content (AvgIpc) is 2.69. The number of nitro groups is 1. The molecule has 2 aromatic carbocycles. The molecule has 0 radical (unpaired) electrons. The number of nitrogens with zero attached hydrogens (tertiary/aromatic N) is 3. The SMILES string of the molecule is O=[N+]([O-])c1ccc2c(c1)C=NCCN2c1ccccc1. The standard InChI is InChI=1S/C15H13N3O2/c19-18(20)14-6-7-15-12(10-14)11-16-8-9-17(15)13-4-2-1-3-5-13/h1-7,10-11H,8-9H2. The molecule has 1 heterocycles. The summed E-state index contributed by atoms with van der Waals surface area (Å²) in [6.45, 7) is 1.42. The molecule has 0 amide bonds. The van der Waals surface area contributed by atoms with Crippen molar-refractivity contribution in [1.29, 1.82) is 0 Å². The van der Waals surface area contributed by atoms with Crippen LogP contribution in [0.2, 0.25) is 0 Å². The number of aliphatic imine (C=N–C) groups is 1. The Labute approximate surface area is 116 Å². The van der Waals surface area contributed by atoms with Gasteiger partial charge < -0.3 is 4.90 Å². The molecular formula is C15H13N3O2. The Morgan fingerprint density at radius 2 is 1.95 bits per heavy atom. The lowest BCUT2D eigenvalue weighted by molar-refractivity contribution is -0.384. The molecule has 0 aromatic heterocycles. The van der Waals surface area contributed by atoms with E-state index in [2.05, 4.69) is 9.89 Å². The van der Waals surface area contributed by atoms with E-state index in [1.165, 1.54) is 6.07 Å². The van der Waals surface area contributed by atoms with Gasteiger partial charge in [0.15, 0.2) is 0 Å². The van der Waals surface area contributed by atoms with E-state index < -0.39 is 0 Å². The van der Waals surface area contributed by atoms with Gasteiger partial charge in [0.2, 0.25) is 0 Å². The zero-order chi connectivity index (χ0) is 13.9. The normalized spacial score (nSPS) is 13.7. The molecule has 0 aliphatic carbocycles. The molecule has 2 aromatic rings. The van der Waals surface area contributed by atoms with Crippen molar-refractivity contribution in [3.05, 3.63) is 64.2 Å². The second kappa shape index (κ2) is 5.13. The molecule has 0 spiro atoms. The second-order valence-electron chi connectivity index (χ2n) is 4.52. The monoisotopic (exact) mass is 267 g/mol. The maximum atomic E-state index is 10.9. The Kier molecular flexibility index (Phi) is 3.16. The van der Waals surface area contributed by atoms with E-state index in [0.717, 1.165) is 23.5 Å². The Bertz CT molecular complexity index is 668. The highest BCUT2D eigenvalue weighted by molar-refractivity contribution is 5.91. The van der Waals surface area contributed by atoms with Gasteiger partial charge in [-0.2, -0.15) is 0 Å². The van der Waals surface area contributed by atoms with E-state index in [9.17, 15) is 10.1 Å². The molecule has 0 fully saturated rings. The lowest BCUT2D eigenvalue weighted by Gasteiger charge is -2.24. The van der Waals surface area contributed by atoms with Crippen LogP contribution in [0.25, 0.3) is 0 Å². The van der Waals surface area contributed by atoms with Gasteiger partial charge in [-0.05, 0) is 18.2 Å².